The van der Waals surface area contributed by atoms with Crippen molar-refractivity contribution in [3.63, 3.8) is 0 Å². The fraction of sp³-hybridized carbons (Fsp3) is 0.450. The van der Waals surface area contributed by atoms with Gasteiger partial charge >= 0.3 is 6.09 Å². The topological polar surface area (TPSA) is 270 Å². The SMILES string of the molecule is [2H]n1c(-c2ccc(NC(=O)C3CCCN3C(=O)C(/N=C\OOC)C(C)C)c([N+](=O)[O-])c2)ccc1-c1ccc(NC(=O)C2CCCN2C(=O)C(NC(=O)OC)C(C)C)c([N+](=O)[O-])c1. The molecule has 326 valence electrons. The number of aromatic nitrogens is 1. The van der Waals surface area contributed by atoms with Crippen molar-refractivity contribution in [3.8, 4) is 22.5 Å². The van der Waals surface area contributed by atoms with Crippen molar-refractivity contribution < 1.29 is 49.7 Å². The quantitative estimate of drug-likeness (QED) is 0.0486. The number of nitro groups is 2. The molecule has 21 nitrogen and oxygen atoms in total. The van der Waals surface area contributed by atoms with Crippen LogP contribution < -0.4 is 16.0 Å². The molecule has 61 heavy (non-hydrogen) atoms. The highest BCUT2D eigenvalue weighted by Gasteiger charge is 2.40. The summed E-state index contributed by atoms with van der Waals surface area (Å²) in [5.41, 5.74) is -0.458. The van der Waals surface area contributed by atoms with Gasteiger partial charge in [-0.3, -0.25) is 39.4 Å². The Morgan fingerprint density at radius 3 is 1.72 bits per heavy atom. The summed E-state index contributed by atoms with van der Waals surface area (Å²) in [7, 11) is 2.45. The molecule has 2 fully saturated rings. The molecule has 4 N–H and O–H groups in total. The smallest absolute Gasteiger partial charge is 0.407 e. The zero-order valence-corrected chi connectivity index (χ0v) is 34.5. The van der Waals surface area contributed by atoms with Gasteiger partial charge < -0.3 is 40.4 Å². The van der Waals surface area contributed by atoms with Crippen LogP contribution in [0, 0.1) is 32.1 Å². The molecule has 4 atom stereocenters. The molecule has 3 heterocycles. The number of nitrogens with zero attached hydrogens (tertiary/aromatic N) is 5. The summed E-state index contributed by atoms with van der Waals surface area (Å²) >= 11 is 0. The number of nitro benzene ring substituents is 2. The number of aromatic amines is 1. The number of rotatable bonds is 16. The number of ether oxygens (including phenoxy) is 1. The van der Waals surface area contributed by atoms with E-state index in [1.165, 1.54) is 72.6 Å². The maximum Gasteiger partial charge on any atom is 0.407 e. The fourth-order valence-electron chi connectivity index (χ4n) is 7.32. The molecule has 2 saturated heterocycles. The van der Waals surface area contributed by atoms with Crippen LogP contribution in [-0.4, -0.2) is 112 Å². The minimum Gasteiger partial charge on any atom is -0.453 e. The van der Waals surface area contributed by atoms with Gasteiger partial charge in [-0.2, -0.15) is 4.89 Å². The van der Waals surface area contributed by atoms with Crippen molar-refractivity contribution in [2.45, 2.75) is 77.5 Å². The van der Waals surface area contributed by atoms with E-state index in [9.17, 15) is 44.2 Å². The third-order valence-corrected chi connectivity index (χ3v) is 10.4. The lowest BCUT2D eigenvalue weighted by Gasteiger charge is -2.30. The summed E-state index contributed by atoms with van der Waals surface area (Å²) in [6.45, 7) is 7.55. The highest BCUT2D eigenvalue weighted by atomic mass is 17.2. The van der Waals surface area contributed by atoms with Gasteiger partial charge in [0.05, 0.1) is 24.1 Å². The number of benzene rings is 2. The third-order valence-electron chi connectivity index (χ3n) is 10.4. The van der Waals surface area contributed by atoms with Gasteiger partial charge in [0, 0.05) is 47.7 Å². The summed E-state index contributed by atoms with van der Waals surface area (Å²) in [5.74, 6) is -2.77. The lowest BCUT2D eigenvalue weighted by atomic mass is 10.0. The Hall–Kier alpha value is -6.90. The standard InChI is InChI=1S/C40H49N9O12/c1-22(2)34(41-21-61-60-6)38(52)46-17-7-9-30(46)36(50)43-28-13-11-24(19-32(28)48(55)56)26-15-16-27(42-26)25-12-14-29(33(20-25)49(57)58)44-37(51)31-10-8-18-47(31)39(53)35(23(3)4)45-40(54)59-5/h11-16,19-23,30-31,34-35,42H,7-10,17-18H2,1-6H3,(H,43,50)(H,44,51)(H,45,54)/b41-21-/i/hD. The number of carbonyl (C=O) groups is 5. The fourth-order valence-corrected chi connectivity index (χ4v) is 7.32. The van der Waals surface area contributed by atoms with E-state index in [0.717, 1.165) is 11.4 Å². The molecule has 0 spiro atoms. The lowest BCUT2D eigenvalue weighted by Crippen LogP contribution is -2.54. The number of anilines is 2. The molecular formula is C40H49N9O12. The third kappa shape index (κ3) is 10.5. The number of alkyl carbamates (subject to hydrolysis) is 1. The number of hydrogen-bond acceptors (Lipinski definition) is 13. The van der Waals surface area contributed by atoms with Gasteiger partial charge in [-0.25, -0.2) is 9.79 Å². The van der Waals surface area contributed by atoms with Gasteiger partial charge in [0.2, 0.25) is 30.0 Å². The molecule has 0 bridgehead atoms. The van der Waals surface area contributed by atoms with Crippen LogP contribution in [0.4, 0.5) is 27.5 Å². The van der Waals surface area contributed by atoms with Crippen LogP contribution in [0.1, 0.15) is 53.4 Å². The van der Waals surface area contributed by atoms with E-state index < -0.39 is 75.1 Å². The van der Waals surface area contributed by atoms with Crippen molar-refractivity contribution in [2.75, 3.05) is 37.9 Å². The number of nitrogens with one attached hydrogen (secondary N) is 4. The molecule has 1 aromatic heterocycles. The summed E-state index contributed by atoms with van der Waals surface area (Å²) in [6, 6.07) is 7.19. The second kappa shape index (κ2) is 19.9. The first-order valence-electron chi connectivity index (χ1n) is 20.0. The molecule has 3 aromatic rings. The summed E-state index contributed by atoms with van der Waals surface area (Å²) < 4.78 is 13.5. The van der Waals surface area contributed by atoms with Crippen molar-refractivity contribution in [2.24, 2.45) is 16.8 Å². The van der Waals surface area contributed by atoms with Crippen molar-refractivity contribution >= 4 is 58.9 Å². The van der Waals surface area contributed by atoms with Crippen molar-refractivity contribution in [3.05, 3.63) is 68.8 Å². The van der Waals surface area contributed by atoms with Gasteiger partial charge in [0.25, 0.3) is 11.4 Å². The Labute approximate surface area is 351 Å². The van der Waals surface area contributed by atoms with E-state index >= 15 is 0 Å². The van der Waals surface area contributed by atoms with Gasteiger partial charge in [-0.15, -0.1) is 0 Å². The van der Waals surface area contributed by atoms with Crippen LogP contribution in [0.3, 0.4) is 0 Å². The second-order valence-electron chi connectivity index (χ2n) is 15.1. The molecule has 5 amide bonds. The Balaban J connectivity index is 1.34. The number of H-pyrrole nitrogens is 1. The first kappa shape index (κ1) is 43.7. The van der Waals surface area contributed by atoms with Gasteiger partial charge in [-0.1, -0.05) is 39.8 Å². The largest absolute Gasteiger partial charge is 0.453 e. The van der Waals surface area contributed by atoms with Crippen LogP contribution in [0.5, 0.6) is 0 Å². The monoisotopic (exact) mass is 848 g/mol. The van der Waals surface area contributed by atoms with Crippen LogP contribution in [0.15, 0.2) is 53.5 Å². The van der Waals surface area contributed by atoms with Crippen LogP contribution in [0.2, 0.25) is 1.41 Å². The Bertz CT molecular complexity index is 2250. The Kier molecular flexibility index (Phi) is 14.2. The van der Waals surface area contributed by atoms with Crippen LogP contribution in [0.25, 0.3) is 22.5 Å². The number of likely N-dealkylation sites (tertiary alicyclic amines) is 2. The molecule has 5 rings (SSSR count). The van der Waals surface area contributed by atoms with Crippen molar-refractivity contribution in [1.82, 2.24) is 20.1 Å². The summed E-state index contributed by atoms with van der Waals surface area (Å²) in [4.78, 5) is 106. The molecule has 2 aliphatic rings. The number of amides is 5. The Morgan fingerprint density at radius 1 is 0.803 bits per heavy atom. The maximum absolute atomic E-state index is 13.5. The van der Waals surface area contributed by atoms with E-state index in [2.05, 4.69) is 35.5 Å². The van der Waals surface area contributed by atoms with Gasteiger partial charge in [-0.05, 0) is 61.8 Å². The molecule has 0 radical (unpaired) electrons. The number of carbonyl (C=O) groups excluding carboxylic acids is 5. The molecule has 0 aliphatic carbocycles. The molecule has 2 aliphatic heterocycles. The summed E-state index contributed by atoms with van der Waals surface area (Å²) in [5, 5.41) is 32.3. The highest BCUT2D eigenvalue weighted by molar-refractivity contribution is 6.01. The highest BCUT2D eigenvalue weighted by Crippen LogP contribution is 2.35. The lowest BCUT2D eigenvalue weighted by molar-refractivity contribution is -0.384. The minimum atomic E-state index is -0.973. The predicted molar refractivity (Wildman–Crippen MR) is 221 cm³/mol. The zero-order valence-electron chi connectivity index (χ0n) is 35.5. The average molecular weight is 849 g/mol. The Morgan fingerprint density at radius 2 is 1.30 bits per heavy atom. The van der Waals surface area contributed by atoms with E-state index in [4.69, 9.17) is 1.41 Å². The summed E-state index contributed by atoms with van der Waals surface area (Å²) in [6.07, 6.45) is 1.82. The van der Waals surface area contributed by atoms with Crippen LogP contribution >= 0.6 is 0 Å². The number of aliphatic imine (C=N–C) groups is 1. The number of hydrogen-bond donors (Lipinski definition) is 4. The molecule has 0 saturated carbocycles. The normalized spacial score (nSPS) is 17.5. The van der Waals surface area contributed by atoms with Crippen molar-refractivity contribution in [1.29, 1.82) is 0 Å². The van der Waals surface area contributed by atoms with E-state index in [-0.39, 0.29) is 65.2 Å². The predicted octanol–water partition coefficient (Wildman–Crippen LogP) is 5.04. The zero-order chi connectivity index (χ0) is 45.4. The van der Waals surface area contributed by atoms with E-state index in [1.807, 2.05) is 0 Å². The first-order valence-corrected chi connectivity index (χ1v) is 19.6. The molecule has 21 heteroatoms. The minimum absolute atomic E-state index is 0.130. The molecule has 4 unspecified atom stereocenters. The molecular weight excluding hydrogens is 798 g/mol. The maximum atomic E-state index is 13.5. The van der Waals surface area contributed by atoms with Gasteiger partial charge in [0.1, 0.15) is 35.5 Å². The van der Waals surface area contributed by atoms with E-state index in [0.29, 0.717) is 19.3 Å². The number of methoxy groups -OCH3 is 1. The molecule has 2 aromatic carbocycles. The van der Waals surface area contributed by atoms with E-state index in [1.54, 1.807) is 27.7 Å². The first-order chi connectivity index (χ1) is 29.5. The second-order valence-corrected chi connectivity index (χ2v) is 15.1. The average Bonchev–Trinajstić information content (AvgIpc) is 4.02. The van der Waals surface area contributed by atoms with Gasteiger partial charge in [0.15, 0.2) is 1.41 Å². The van der Waals surface area contributed by atoms with Crippen LogP contribution in [-0.2, 0) is 33.7 Å².